The number of methoxy groups -OCH3 is 2. The topological polar surface area (TPSA) is 100 Å². The molecule has 3 aliphatic rings. The molecule has 2 saturated carbocycles. The van der Waals surface area contributed by atoms with Crippen molar-refractivity contribution in [1.29, 1.82) is 0 Å². The van der Waals surface area contributed by atoms with Crippen molar-refractivity contribution in [1.82, 2.24) is 24.0 Å². The van der Waals surface area contributed by atoms with Gasteiger partial charge in [-0.2, -0.15) is 0 Å². The summed E-state index contributed by atoms with van der Waals surface area (Å²) >= 11 is 0. The molecule has 3 fully saturated rings. The highest BCUT2D eigenvalue weighted by Gasteiger charge is 2.41. The third-order valence-electron chi connectivity index (χ3n) is 9.42. The van der Waals surface area contributed by atoms with E-state index in [4.69, 9.17) is 25.2 Å². The molecule has 1 aliphatic heterocycles. The van der Waals surface area contributed by atoms with Crippen LogP contribution in [0.25, 0.3) is 33.6 Å². The van der Waals surface area contributed by atoms with Crippen LogP contribution in [0.3, 0.4) is 0 Å². The predicted octanol–water partition coefficient (Wildman–Crippen LogP) is 4.85. The van der Waals surface area contributed by atoms with Gasteiger partial charge in [0.2, 0.25) is 0 Å². The molecule has 1 saturated heterocycles. The van der Waals surface area contributed by atoms with E-state index >= 15 is 0 Å². The van der Waals surface area contributed by atoms with Gasteiger partial charge in [0.25, 0.3) is 5.91 Å². The lowest BCUT2D eigenvalue weighted by Crippen LogP contribution is -2.45. The van der Waals surface area contributed by atoms with Crippen molar-refractivity contribution in [3.05, 3.63) is 42.1 Å². The number of hydrogen-bond donors (Lipinski definition) is 1. The van der Waals surface area contributed by atoms with Gasteiger partial charge in [-0.3, -0.25) is 4.79 Å². The van der Waals surface area contributed by atoms with Gasteiger partial charge in [0, 0.05) is 56.5 Å². The van der Waals surface area contributed by atoms with E-state index in [1.807, 2.05) is 29.3 Å². The maximum atomic E-state index is 13.6. The molecule has 2 aliphatic carbocycles. The molecule has 0 unspecified atom stereocenters. The van der Waals surface area contributed by atoms with Crippen LogP contribution in [0.2, 0.25) is 0 Å². The number of rotatable bonds is 8. The van der Waals surface area contributed by atoms with Crippen LogP contribution in [-0.2, 0) is 17.8 Å². The molecular formula is C32H40N6O3. The molecule has 0 bridgehead atoms. The number of amides is 1. The van der Waals surface area contributed by atoms with Gasteiger partial charge >= 0.3 is 0 Å². The van der Waals surface area contributed by atoms with Crippen LogP contribution in [0.1, 0.15) is 55.8 Å². The monoisotopic (exact) mass is 556 g/mol. The largest absolute Gasteiger partial charge is 0.494 e. The first kappa shape index (κ1) is 26.5. The third kappa shape index (κ3) is 4.78. The van der Waals surface area contributed by atoms with E-state index in [0.29, 0.717) is 29.7 Å². The second-order valence-corrected chi connectivity index (χ2v) is 12.7. The number of aromatic nitrogens is 4. The lowest BCUT2D eigenvalue weighted by atomic mass is 9.72. The summed E-state index contributed by atoms with van der Waals surface area (Å²) < 4.78 is 16.4. The molecule has 0 spiro atoms. The molecule has 4 heterocycles. The van der Waals surface area contributed by atoms with E-state index < -0.39 is 0 Å². The highest BCUT2D eigenvalue weighted by atomic mass is 16.5. The maximum Gasteiger partial charge on any atom is 0.254 e. The standard InChI is InChI=1S/C32H40N6O3/c1-32(41-3)15-21(16-32)18-38-28-25(12-23(14-27(28)40-2)31(39)36-11-5-7-24(33)19-36)35-30(38)26-13-22-6-4-10-34-29(22)37(26)17-20-8-9-20/h4,6,10,12-14,20-21,24H,5,7-9,11,15-19,33H2,1-3H3/t21-,24-,32+/m1/s1. The van der Waals surface area contributed by atoms with Crippen LogP contribution >= 0.6 is 0 Å². The Morgan fingerprint density at radius 3 is 2.63 bits per heavy atom. The van der Waals surface area contributed by atoms with Crippen LogP contribution in [0.4, 0.5) is 0 Å². The molecule has 9 heteroatoms. The van der Waals surface area contributed by atoms with Crippen molar-refractivity contribution in [2.75, 3.05) is 27.3 Å². The number of carbonyl (C=O) groups is 1. The Morgan fingerprint density at radius 2 is 1.90 bits per heavy atom. The fraction of sp³-hybridized carbons (Fsp3) is 0.531. The number of fused-ring (bicyclic) bond motifs is 2. The average Bonchev–Trinajstić information content (AvgIpc) is 3.62. The molecule has 9 nitrogen and oxygen atoms in total. The number of pyridine rings is 1. The van der Waals surface area contributed by atoms with Gasteiger partial charge in [-0.1, -0.05) is 0 Å². The minimum Gasteiger partial charge on any atom is -0.494 e. The Bertz CT molecular complexity index is 1610. The van der Waals surface area contributed by atoms with Crippen molar-refractivity contribution in [3.8, 4) is 17.3 Å². The molecule has 2 N–H and O–H groups in total. The van der Waals surface area contributed by atoms with Crippen LogP contribution in [0.5, 0.6) is 5.75 Å². The molecular weight excluding hydrogens is 516 g/mol. The van der Waals surface area contributed by atoms with Crippen LogP contribution in [0, 0.1) is 11.8 Å². The number of nitrogens with zero attached hydrogens (tertiary/aromatic N) is 5. The first-order chi connectivity index (χ1) is 19.9. The van der Waals surface area contributed by atoms with Crippen molar-refractivity contribution in [3.63, 3.8) is 0 Å². The summed E-state index contributed by atoms with van der Waals surface area (Å²) in [5.41, 5.74) is 10.5. The van der Waals surface area contributed by atoms with Gasteiger partial charge < -0.3 is 29.2 Å². The number of carbonyl (C=O) groups excluding carboxylic acids is 1. The lowest BCUT2D eigenvalue weighted by molar-refractivity contribution is -0.0937. The minimum atomic E-state index is -0.0784. The highest BCUT2D eigenvalue weighted by molar-refractivity contribution is 6.00. The number of piperidine rings is 1. The Kier molecular flexibility index (Phi) is 6.54. The smallest absolute Gasteiger partial charge is 0.254 e. The molecule has 1 atom stereocenters. The molecule has 216 valence electrons. The van der Waals surface area contributed by atoms with Gasteiger partial charge in [-0.05, 0) is 87.6 Å². The fourth-order valence-corrected chi connectivity index (χ4v) is 6.99. The zero-order valence-electron chi connectivity index (χ0n) is 24.3. The number of imidazole rings is 1. The summed E-state index contributed by atoms with van der Waals surface area (Å²) in [5.74, 6) is 2.68. The van der Waals surface area contributed by atoms with Gasteiger partial charge in [0.15, 0.2) is 5.82 Å². The Morgan fingerprint density at radius 1 is 1.10 bits per heavy atom. The van der Waals surface area contributed by atoms with Crippen LogP contribution in [0.15, 0.2) is 36.5 Å². The van der Waals surface area contributed by atoms with E-state index in [0.717, 1.165) is 78.9 Å². The van der Waals surface area contributed by atoms with E-state index in [9.17, 15) is 4.79 Å². The average molecular weight is 557 g/mol. The zero-order chi connectivity index (χ0) is 28.3. The van der Waals surface area contributed by atoms with Crippen molar-refractivity contribution < 1.29 is 14.3 Å². The van der Waals surface area contributed by atoms with Gasteiger partial charge in [0.1, 0.15) is 16.9 Å². The molecule has 1 amide bonds. The fourth-order valence-electron chi connectivity index (χ4n) is 6.99. The number of benzene rings is 1. The molecule has 0 radical (unpaired) electrons. The molecule has 7 rings (SSSR count). The van der Waals surface area contributed by atoms with E-state index in [1.165, 1.54) is 12.8 Å². The maximum absolute atomic E-state index is 13.6. The zero-order valence-corrected chi connectivity index (χ0v) is 24.3. The molecule has 3 aromatic heterocycles. The Balaban J connectivity index is 1.37. The molecule has 41 heavy (non-hydrogen) atoms. The van der Waals surface area contributed by atoms with Crippen LogP contribution in [-0.4, -0.2) is 68.9 Å². The second kappa shape index (κ2) is 10.1. The summed E-state index contributed by atoms with van der Waals surface area (Å²) in [6.07, 6.45) is 8.22. The first-order valence-electron chi connectivity index (χ1n) is 15.0. The summed E-state index contributed by atoms with van der Waals surface area (Å²) in [6.45, 7) is 5.21. The van der Waals surface area contributed by atoms with Crippen LogP contribution < -0.4 is 10.5 Å². The van der Waals surface area contributed by atoms with Gasteiger partial charge in [-0.25, -0.2) is 9.97 Å². The number of nitrogens with two attached hydrogens (primary N) is 1. The summed E-state index contributed by atoms with van der Waals surface area (Å²) in [6, 6.07) is 10.2. The van der Waals surface area contributed by atoms with E-state index in [-0.39, 0.29) is 17.6 Å². The summed E-state index contributed by atoms with van der Waals surface area (Å²) in [4.78, 5) is 25.5. The number of hydrogen-bond acceptors (Lipinski definition) is 6. The Hall–Kier alpha value is -3.43. The molecule has 4 aromatic rings. The quantitative estimate of drug-likeness (QED) is 0.333. The van der Waals surface area contributed by atoms with Gasteiger partial charge in [-0.15, -0.1) is 0 Å². The Labute approximate surface area is 240 Å². The van der Waals surface area contributed by atoms with Gasteiger partial charge in [0.05, 0.1) is 23.9 Å². The van der Waals surface area contributed by atoms with E-state index in [1.54, 1.807) is 14.2 Å². The summed E-state index contributed by atoms with van der Waals surface area (Å²) in [7, 11) is 3.48. The minimum absolute atomic E-state index is 0.0154. The predicted molar refractivity (Wildman–Crippen MR) is 159 cm³/mol. The highest BCUT2D eigenvalue weighted by Crippen LogP contribution is 2.44. The third-order valence-corrected chi connectivity index (χ3v) is 9.42. The first-order valence-corrected chi connectivity index (χ1v) is 15.0. The normalized spacial score (nSPS) is 24.6. The van der Waals surface area contributed by atoms with Crippen molar-refractivity contribution in [2.24, 2.45) is 17.6 Å². The number of likely N-dealkylation sites (tertiary alicyclic amines) is 1. The SMILES string of the molecule is COc1cc(C(=O)N2CCC[C@@H](N)C2)cc2nc(-c3cc4cccnc4n3CC3CC3)n(C[C@H]3C[C@@](C)(OC)C3)c12. The second-order valence-electron chi connectivity index (χ2n) is 12.7. The van der Waals surface area contributed by atoms with Crippen molar-refractivity contribution in [2.45, 2.75) is 70.2 Å². The van der Waals surface area contributed by atoms with Crippen molar-refractivity contribution >= 4 is 28.0 Å². The van der Waals surface area contributed by atoms with E-state index in [2.05, 4.69) is 28.2 Å². The summed E-state index contributed by atoms with van der Waals surface area (Å²) in [5, 5.41) is 1.11. The lowest BCUT2D eigenvalue weighted by Gasteiger charge is -2.44. The molecule has 1 aromatic carbocycles. The number of ether oxygens (including phenoxy) is 2.